The molecule has 1 fully saturated rings. The maximum atomic E-state index is 12.6. The van der Waals surface area contributed by atoms with Gasteiger partial charge in [-0.05, 0) is 32.0 Å². The van der Waals surface area contributed by atoms with E-state index in [9.17, 15) is 9.59 Å². The zero-order chi connectivity index (χ0) is 16.6. The van der Waals surface area contributed by atoms with Crippen LogP contribution in [0.2, 0.25) is 0 Å². The zero-order valence-corrected chi connectivity index (χ0v) is 12.9. The molecule has 0 bridgehead atoms. The van der Waals surface area contributed by atoms with Crippen molar-refractivity contribution in [1.82, 2.24) is 14.9 Å². The summed E-state index contributed by atoms with van der Waals surface area (Å²) in [5, 5.41) is 9.02. The van der Waals surface area contributed by atoms with E-state index in [4.69, 9.17) is 9.84 Å². The van der Waals surface area contributed by atoms with E-state index >= 15 is 0 Å². The third kappa shape index (κ3) is 3.00. The minimum Gasteiger partial charge on any atom is -0.479 e. The Hall–Kier alpha value is -2.54. The summed E-state index contributed by atoms with van der Waals surface area (Å²) < 4.78 is 5.14. The lowest BCUT2D eigenvalue weighted by molar-refractivity contribution is -0.154. The van der Waals surface area contributed by atoms with E-state index in [1.807, 2.05) is 13.8 Å². The second kappa shape index (κ2) is 5.92. The number of ether oxygens (including phenoxy) is 1. The van der Waals surface area contributed by atoms with Crippen molar-refractivity contribution in [3.05, 3.63) is 35.2 Å². The molecule has 1 aliphatic rings. The molecule has 3 rings (SSSR count). The lowest BCUT2D eigenvalue weighted by atomic mass is 10.1. The van der Waals surface area contributed by atoms with E-state index in [0.717, 1.165) is 16.9 Å². The second-order valence-corrected chi connectivity index (χ2v) is 5.55. The summed E-state index contributed by atoms with van der Waals surface area (Å²) in [6.07, 6.45) is -0.974. The number of carboxylic acids is 1. The number of aliphatic carboxylic acids is 1. The maximum absolute atomic E-state index is 12.6. The minimum atomic E-state index is -1.06. The van der Waals surface area contributed by atoms with E-state index in [1.54, 1.807) is 18.2 Å². The first-order valence-corrected chi connectivity index (χ1v) is 7.34. The minimum absolute atomic E-state index is 0.0464. The van der Waals surface area contributed by atoms with Crippen LogP contribution < -0.4 is 0 Å². The molecule has 1 aromatic heterocycles. The van der Waals surface area contributed by atoms with Gasteiger partial charge in [-0.25, -0.2) is 14.8 Å². The van der Waals surface area contributed by atoms with Gasteiger partial charge in [-0.1, -0.05) is 0 Å². The summed E-state index contributed by atoms with van der Waals surface area (Å²) in [6.45, 7) is 4.40. The number of amides is 1. The first kappa shape index (κ1) is 15.4. The van der Waals surface area contributed by atoms with Gasteiger partial charge in [-0.15, -0.1) is 0 Å². The van der Waals surface area contributed by atoms with Crippen molar-refractivity contribution in [3.63, 3.8) is 0 Å². The number of rotatable bonds is 2. The molecule has 7 nitrogen and oxygen atoms in total. The van der Waals surface area contributed by atoms with Gasteiger partial charge >= 0.3 is 5.97 Å². The molecule has 0 aliphatic carbocycles. The second-order valence-electron chi connectivity index (χ2n) is 5.55. The van der Waals surface area contributed by atoms with Crippen molar-refractivity contribution in [2.75, 3.05) is 19.7 Å². The molecule has 1 aromatic carbocycles. The van der Waals surface area contributed by atoms with Crippen molar-refractivity contribution >= 4 is 22.9 Å². The number of aromatic nitrogens is 2. The molecule has 1 amide bonds. The number of carboxylic acid groups (broad SMARTS) is 1. The lowest BCUT2D eigenvalue weighted by Crippen LogP contribution is -2.48. The quantitative estimate of drug-likeness (QED) is 0.894. The maximum Gasteiger partial charge on any atom is 0.334 e. The fourth-order valence-corrected chi connectivity index (χ4v) is 2.53. The van der Waals surface area contributed by atoms with Gasteiger partial charge in [-0.3, -0.25) is 4.79 Å². The van der Waals surface area contributed by atoms with Crippen LogP contribution in [0.5, 0.6) is 0 Å². The fraction of sp³-hybridized carbons (Fsp3) is 0.375. The first-order chi connectivity index (χ1) is 11.0. The molecule has 7 heteroatoms. The molecule has 120 valence electrons. The number of nitrogens with zero attached hydrogens (tertiary/aromatic N) is 3. The van der Waals surface area contributed by atoms with E-state index in [2.05, 4.69) is 9.97 Å². The zero-order valence-electron chi connectivity index (χ0n) is 12.9. The molecule has 1 atom stereocenters. The molecular formula is C16H17N3O4. The van der Waals surface area contributed by atoms with Crippen LogP contribution in [-0.2, 0) is 9.53 Å². The van der Waals surface area contributed by atoms with Gasteiger partial charge in [-0.2, -0.15) is 0 Å². The molecular weight excluding hydrogens is 298 g/mol. The summed E-state index contributed by atoms with van der Waals surface area (Å²) in [5.74, 6) is -1.28. The predicted molar refractivity (Wildman–Crippen MR) is 82.3 cm³/mol. The number of fused-ring (bicyclic) bond motifs is 1. The molecule has 1 saturated heterocycles. The Balaban J connectivity index is 1.88. The van der Waals surface area contributed by atoms with Crippen LogP contribution >= 0.6 is 0 Å². The summed E-state index contributed by atoms with van der Waals surface area (Å²) in [7, 11) is 0. The van der Waals surface area contributed by atoms with Gasteiger partial charge in [0.05, 0.1) is 35.6 Å². The van der Waals surface area contributed by atoms with Crippen LogP contribution in [0.3, 0.4) is 0 Å². The van der Waals surface area contributed by atoms with Gasteiger partial charge in [0, 0.05) is 12.1 Å². The average Bonchev–Trinajstić information content (AvgIpc) is 2.55. The van der Waals surface area contributed by atoms with E-state index in [1.165, 1.54) is 4.90 Å². The average molecular weight is 315 g/mol. The van der Waals surface area contributed by atoms with Gasteiger partial charge in [0.1, 0.15) is 0 Å². The number of aryl methyl sites for hydroxylation is 2. The topological polar surface area (TPSA) is 92.6 Å². The number of benzene rings is 1. The van der Waals surface area contributed by atoms with Crippen LogP contribution in [0.4, 0.5) is 0 Å². The fourth-order valence-electron chi connectivity index (χ4n) is 2.53. The van der Waals surface area contributed by atoms with E-state index in [0.29, 0.717) is 17.6 Å². The smallest absolute Gasteiger partial charge is 0.334 e. The standard InChI is InChI=1S/C16H17N3O4/c1-9-10(2)18-13-7-11(3-4-12(13)17-9)15(20)19-5-6-23-14(8-19)16(21)22/h3-4,7,14H,5-6,8H2,1-2H3,(H,21,22). The molecule has 0 spiro atoms. The van der Waals surface area contributed by atoms with Gasteiger partial charge in [0.2, 0.25) is 0 Å². The van der Waals surface area contributed by atoms with Crippen LogP contribution in [0.1, 0.15) is 21.7 Å². The number of morpholine rings is 1. The van der Waals surface area contributed by atoms with Crippen molar-refractivity contribution in [1.29, 1.82) is 0 Å². The van der Waals surface area contributed by atoms with Crippen LogP contribution in [0, 0.1) is 13.8 Å². The van der Waals surface area contributed by atoms with Crippen LogP contribution in [-0.4, -0.2) is 57.7 Å². The summed E-state index contributed by atoms with van der Waals surface area (Å²) in [4.78, 5) is 34.0. The normalized spacial score (nSPS) is 18.2. The first-order valence-electron chi connectivity index (χ1n) is 7.34. The monoisotopic (exact) mass is 315 g/mol. The summed E-state index contributed by atoms with van der Waals surface area (Å²) in [6, 6.07) is 5.15. The third-order valence-corrected chi connectivity index (χ3v) is 3.95. The Morgan fingerprint density at radius 2 is 1.91 bits per heavy atom. The lowest BCUT2D eigenvalue weighted by Gasteiger charge is -2.30. The van der Waals surface area contributed by atoms with Gasteiger partial charge in [0.15, 0.2) is 6.10 Å². The SMILES string of the molecule is Cc1nc2ccc(C(=O)N3CCOC(C(=O)O)C3)cc2nc1C. The van der Waals surface area contributed by atoms with E-state index in [-0.39, 0.29) is 19.1 Å². The third-order valence-electron chi connectivity index (χ3n) is 3.95. The number of carbonyl (C=O) groups excluding carboxylic acids is 1. The predicted octanol–water partition coefficient (Wildman–Crippen LogP) is 1.17. The molecule has 0 saturated carbocycles. The molecule has 2 aromatic rings. The van der Waals surface area contributed by atoms with Crippen molar-refractivity contribution < 1.29 is 19.4 Å². The summed E-state index contributed by atoms with van der Waals surface area (Å²) in [5.41, 5.74) is 3.53. The Bertz CT molecular complexity index is 790. The molecule has 2 heterocycles. The Morgan fingerprint density at radius 1 is 1.22 bits per heavy atom. The number of hydrogen-bond donors (Lipinski definition) is 1. The number of hydrogen-bond acceptors (Lipinski definition) is 5. The van der Waals surface area contributed by atoms with Gasteiger partial charge < -0.3 is 14.7 Å². The van der Waals surface area contributed by atoms with Crippen molar-refractivity contribution in [2.45, 2.75) is 20.0 Å². The molecule has 0 radical (unpaired) electrons. The Morgan fingerprint density at radius 3 is 2.61 bits per heavy atom. The summed E-state index contributed by atoms with van der Waals surface area (Å²) >= 11 is 0. The highest BCUT2D eigenvalue weighted by molar-refractivity contribution is 5.97. The van der Waals surface area contributed by atoms with Gasteiger partial charge in [0.25, 0.3) is 5.91 Å². The van der Waals surface area contributed by atoms with Crippen molar-refractivity contribution in [2.24, 2.45) is 0 Å². The van der Waals surface area contributed by atoms with E-state index < -0.39 is 12.1 Å². The highest BCUT2D eigenvalue weighted by atomic mass is 16.5. The largest absolute Gasteiger partial charge is 0.479 e. The molecule has 23 heavy (non-hydrogen) atoms. The van der Waals surface area contributed by atoms with Crippen molar-refractivity contribution in [3.8, 4) is 0 Å². The number of carbonyl (C=O) groups is 2. The Kier molecular flexibility index (Phi) is 3.96. The Labute approximate surface area is 132 Å². The molecule has 1 unspecified atom stereocenters. The molecule has 1 N–H and O–H groups in total. The molecule has 1 aliphatic heterocycles. The highest BCUT2D eigenvalue weighted by Crippen LogP contribution is 2.17. The van der Waals surface area contributed by atoms with Crippen LogP contribution in [0.15, 0.2) is 18.2 Å². The van der Waals surface area contributed by atoms with Crippen LogP contribution in [0.25, 0.3) is 11.0 Å². The highest BCUT2D eigenvalue weighted by Gasteiger charge is 2.29.